The third-order valence-electron chi connectivity index (χ3n) is 0.910. The molecule has 0 aromatic rings. The molecule has 0 atom stereocenters. The summed E-state index contributed by atoms with van der Waals surface area (Å²) in [5.41, 5.74) is 4.81. The monoisotopic (exact) mass is 200 g/mol. The number of nitrogens with zero attached hydrogens (tertiary/aromatic N) is 1. The Balaban J connectivity index is 4.52. The summed E-state index contributed by atoms with van der Waals surface area (Å²) < 4.78 is 0.338. The van der Waals surface area contributed by atoms with Crippen LogP contribution >= 0.6 is 24.4 Å². The van der Waals surface area contributed by atoms with Gasteiger partial charge in [-0.1, -0.05) is 6.08 Å². The molecule has 0 aromatic carbocycles. The number of primary amides is 1. The Morgan fingerprint density at radius 3 is 2.75 bits per heavy atom. The molecule has 0 aliphatic heterocycles. The first-order chi connectivity index (χ1) is 5.63. The van der Waals surface area contributed by atoms with Crippen LogP contribution in [-0.2, 0) is 4.79 Å². The van der Waals surface area contributed by atoms with Crippen molar-refractivity contribution < 1.29 is 4.79 Å². The van der Waals surface area contributed by atoms with Crippen molar-refractivity contribution in [2.24, 2.45) is 5.73 Å². The van der Waals surface area contributed by atoms with E-state index in [4.69, 9.17) is 11.0 Å². The highest BCUT2D eigenvalue weighted by Gasteiger charge is 2.08. The lowest BCUT2D eigenvalue weighted by molar-refractivity contribution is -0.114. The Labute approximate surface area is 80.7 Å². The highest BCUT2D eigenvalue weighted by molar-refractivity contribution is 8.15. The van der Waals surface area contributed by atoms with E-state index in [0.29, 0.717) is 9.99 Å². The van der Waals surface area contributed by atoms with E-state index in [1.165, 1.54) is 11.8 Å². The molecule has 0 aliphatic carbocycles. The number of amides is 1. The second-order valence-electron chi connectivity index (χ2n) is 1.76. The Hall–Kier alpha value is -0.860. The number of carbonyl (C=O) groups excluding carboxylic acids is 1. The molecular weight excluding hydrogens is 192 g/mol. The third-order valence-corrected chi connectivity index (χ3v) is 2.40. The topological polar surface area (TPSA) is 66.9 Å². The van der Waals surface area contributed by atoms with Crippen molar-refractivity contribution in [3.63, 3.8) is 0 Å². The minimum Gasteiger partial charge on any atom is -0.365 e. The molecule has 3 nitrogen and oxygen atoms in total. The van der Waals surface area contributed by atoms with Gasteiger partial charge in [-0.3, -0.25) is 4.79 Å². The van der Waals surface area contributed by atoms with Gasteiger partial charge in [0.25, 0.3) is 5.91 Å². The van der Waals surface area contributed by atoms with Crippen molar-refractivity contribution in [1.82, 2.24) is 0 Å². The van der Waals surface area contributed by atoms with Crippen molar-refractivity contribution in [2.45, 2.75) is 0 Å². The fourth-order valence-corrected chi connectivity index (χ4v) is 1.37. The summed E-state index contributed by atoms with van der Waals surface area (Å²) >= 11 is 5.19. The van der Waals surface area contributed by atoms with Crippen LogP contribution in [-0.4, -0.2) is 11.7 Å². The van der Waals surface area contributed by atoms with E-state index in [2.05, 4.69) is 19.2 Å². The second kappa shape index (κ2) is 5.75. The fourth-order valence-electron chi connectivity index (χ4n) is 0.418. The van der Waals surface area contributed by atoms with E-state index in [0.717, 1.165) is 0 Å². The maximum Gasteiger partial charge on any atom is 0.261 e. The van der Waals surface area contributed by atoms with E-state index in [-0.39, 0.29) is 5.57 Å². The van der Waals surface area contributed by atoms with Gasteiger partial charge in [0.05, 0.1) is 4.24 Å². The zero-order valence-electron chi connectivity index (χ0n) is 6.28. The molecule has 0 aliphatic rings. The first-order valence-electron chi connectivity index (χ1n) is 3.00. The van der Waals surface area contributed by atoms with Crippen LogP contribution in [0.1, 0.15) is 0 Å². The maximum absolute atomic E-state index is 10.6. The average Bonchev–Trinajstić information content (AvgIpc) is 2.01. The molecule has 1 amide bonds. The molecule has 2 N–H and O–H groups in total. The summed E-state index contributed by atoms with van der Waals surface area (Å²) in [5, 5.41) is 8.47. The van der Waals surface area contributed by atoms with Gasteiger partial charge in [0.1, 0.15) is 11.6 Å². The summed E-state index contributed by atoms with van der Waals surface area (Å²) in [7, 11) is 0. The lowest BCUT2D eigenvalue weighted by atomic mass is 10.3. The zero-order chi connectivity index (χ0) is 9.56. The average molecular weight is 200 g/mol. The van der Waals surface area contributed by atoms with E-state index in [1.54, 1.807) is 12.1 Å². The van der Waals surface area contributed by atoms with E-state index >= 15 is 0 Å². The van der Waals surface area contributed by atoms with Crippen LogP contribution in [0, 0.1) is 11.3 Å². The number of rotatable bonds is 4. The number of nitrogens with two attached hydrogens (primary N) is 1. The van der Waals surface area contributed by atoms with E-state index in [9.17, 15) is 4.79 Å². The Kier molecular flexibility index (Phi) is 5.34. The lowest BCUT2D eigenvalue weighted by Crippen LogP contribution is -2.13. The molecule has 0 aromatic heterocycles. The Morgan fingerprint density at radius 1 is 1.83 bits per heavy atom. The summed E-state index contributed by atoms with van der Waals surface area (Å²) in [4.78, 5) is 10.6. The highest BCUT2D eigenvalue weighted by atomic mass is 32.2. The van der Waals surface area contributed by atoms with E-state index in [1.807, 2.05) is 0 Å². The summed E-state index contributed by atoms with van der Waals surface area (Å²) in [6, 6.07) is 1.68. The first-order valence-corrected chi connectivity index (χ1v) is 4.43. The van der Waals surface area contributed by atoms with Gasteiger partial charge in [0, 0.05) is 5.75 Å². The molecule has 0 fully saturated rings. The number of nitriles is 1. The molecule has 12 heavy (non-hydrogen) atoms. The molecule has 5 heteroatoms. The SMILES string of the molecule is C=CCS/C(S)=C(\C#N)C(N)=O. The minimum absolute atomic E-state index is 0.106. The lowest BCUT2D eigenvalue weighted by Gasteiger charge is -1.97. The molecule has 0 unspecified atom stereocenters. The van der Waals surface area contributed by atoms with Crippen LogP contribution < -0.4 is 5.73 Å². The van der Waals surface area contributed by atoms with Crippen LogP contribution in [0.25, 0.3) is 0 Å². The van der Waals surface area contributed by atoms with Crippen LogP contribution in [0.5, 0.6) is 0 Å². The van der Waals surface area contributed by atoms with Crippen LogP contribution in [0.4, 0.5) is 0 Å². The molecule has 0 bridgehead atoms. The van der Waals surface area contributed by atoms with Gasteiger partial charge >= 0.3 is 0 Å². The van der Waals surface area contributed by atoms with Gasteiger partial charge in [-0.05, 0) is 0 Å². The Bertz CT molecular complexity index is 265. The first kappa shape index (κ1) is 11.1. The van der Waals surface area contributed by atoms with Crippen molar-refractivity contribution in [3.05, 3.63) is 22.5 Å². The van der Waals surface area contributed by atoms with Crippen LogP contribution in [0.2, 0.25) is 0 Å². The van der Waals surface area contributed by atoms with Crippen molar-refractivity contribution in [2.75, 3.05) is 5.75 Å². The summed E-state index contributed by atoms with van der Waals surface area (Å²) in [5.74, 6) is -0.156. The minimum atomic E-state index is -0.751. The standard InChI is InChI=1S/C7H8N2OS2/c1-2-3-12-7(11)5(4-8)6(9)10/h2,11H,1,3H2,(H2,9,10)/b7-5+. The molecule has 0 radical (unpaired) electrons. The van der Waals surface area contributed by atoms with Crippen LogP contribution in [0.15, 0.2) is 22.5 Å². The number of hydrogen-bond donors (Lipinski definition) is 2. The van der Waals surface area contributed by atoms with Crippen LogP contribution in [0.3, 0.4) is 0 Å². The maximum atomic E-state index is 10.6. The normalized spacial score (nSPS) is 11.3. The largest absolute Gasteiger partial charge is 0.365 e. The van der Waals surface area contributed by atoms with Gasteiger partial charge < -0.3 is 5.73 Å². The van der Waals surface area contributed by atoms with Gasteiger partial charge in [0.15, 0.2) is 0 Å². The molecular formula is C7H8N2OS2. The molecule has 0 heterocycles. The highest BCUT2D eigenvalue weighted by Crippen LogP contribution is 2.22. The predicted molar refractivity (Wildman–Crippen MR) is 53.5 cm³/mol. The molecule has 0 rings (SSSR count). The van der Waals surface area contributed by atoms with E-state index < -0.39 is 5.91 Å². The number of hydrogen-bond acceptors (Lipinski definition) is 4. The molecule has 64 valence electrons. The van der Waals surface area contributed by atoms with Gasteiger partial charge in [-0.2, -0.15) is 5.26 Å². The number of thioether (sulfide) groups is 1. The third kappa shape index (κ3) is 3.51. The smallest absolute Gasteiger partial charge is 0.261 e. The van der Waals surface area contributed by atoms with Crippen molar-refractivity contribution in [3.8, 4) is 6.07 Å². The van der Waals surface area contributed by atoms with Gasteiger partial charge in [-0.15, -0.1) is 31.0 Å². The molecule has 0 saturated heterocycles. The second-order valence-corrected chi connectivity index (χ2v) is 3.54. The van der Waals surface area contributed by atoms with Gasteiger partial charge in [0.2, 0.25) is 0 Å². The predicted octanol–water partition coefficient (Wildman–Crippen LogP) is 1.06. The number of thiol groups is 1. The van der Waals surface area contributed by atoms with Gasteiger partial charge in [-0.25, -0.2) is 0 Å². The van der Waals surface area contributed by atoms with Crippen molar-refractivity contribution >= 4 is 30.3 Å². The molecule has 0 saturated carbocycles. The van der Waals surface area contributed by atoms with Crippen molar-refractivity contribution in [1.29, 1.82) is 5.26 Å². The molecule has 0 spiro atoms. The fraction of sp³-hybridized carbons (Fsp3) is 0.143. The number of carbonyl (C=O) groups is 1. The summed E-state index contributed by atoms with van der Waals surface area (Å²) in [6.07, 6.45) is 1.65. The quantitative estimate of drug-likeness (QED) is 0.308. The summed E-state index contributed by atoms with van der Waals surface area (Å²) in [6.45, 7) is 3.49. The zero-order valence-corrected chi connectivity index (χ0v) is 7.99. The Morgan fingerprint density at radius 2 is 2.42 bits per heavy atom.